The first-order chi connectivity index (χ1) is 13.6. The molecule has 1 aromatic heterocycles. The van der Waals surface area contributed by atoms with Crippen LogP contribution in [0.2, 0.25) is 0 Å². The molecule has 28 heavy (non-hydrogen) atoms. The Morgan fingerprint density at radius 1 is 0.964 bits per heavy atom. The summed E-state index contributed by atoms with van der Waals surface area (Å²) in [6, 6.07) is 6.66. The molecule has 152 valence electrons. The zero-order valence-electron chi connectivity index (χ0n) is 16.4. The van der Waals surface area contributed by atoms with Gasteiger partial charge in [-0.1, -0.05) is 0 Å². The second-order valence-corrected chi connectivity index (χ2v) is 5.68. The van der Waals surface area contributed by atoms with Gasteiger partial charge in [0.2, 0.25) is 11.7 Å². The average molecular weight is 390 g/mol. The van der Waals surface area contributed by atoms with E-state index in [1.54, 1.807) is 30.5 Å². The van der Waals surface area contributed by atoms with E-state index < -0.39 is 5.91 Å². The lowest BCUT2D eigenvalue weighted by molar-refractivity contribution is -0.121. The van der Waals surface area contributed by atoms with Crippen LogP contribution in [0.25, 0.3) is 0 Å². The lowest BCUT2D eigenvalue weighted by Gasteiger charge is -2.17. The molecule has 0 bridgehead atoms. The number of nitrogens with one attached hydrogen (secondary N) is 2. The maximum absolute atomic E-state index is 12.5. The highest BCUT2D eigenvalue weighted by molar-refractivity contribution is 5.96. The quantitative estimate of drug-likeness (QED) is 0.605. The third-order valence-electron chi connectivity index (χ3n) is 3.67. The molecule has 0 atom stereocenters. The minimum absolute atomic E-state index is 0.186. The maximum atomic E-state index is 12.5. The number of rotatable bonds is 10. The van der Waals surface area contributed by atoms with Crippen molar-refractivity contribution in [3.63, 3.8) is 0 Å². The van der Waals surface area contributed by atoms with Crippen molar-refractivity contribution in [1.29, 1.82) is 0 Å². The van der Waals surface area contributed by atoms with E-state index in [1.165, 1.54) is 0 Å². The molecule has 0 aliphatic heterocycles. The summed E-state index contributed by atoms with van der Waals surface area (Å²) in [5.74, 6) is 1.15. The van der Waals surface area contributed by atoms with Crippen LogP contribution in [0.3, 0.4) is 0 Å². The largest absolute Gasteiger partial charge is 0.490 e. The van der Waals surface area contributed by atoms with Crippen molar-refractivity contribution in [2.24, 2.45) is 0 Å². The topological polar surface area (TPSA) is 99.0 Å². The highest BCUT2D eigenvalue weighted by Crippen LogP contribution is 2.39. The minimum atomic E-state index is -0.490. The van der Waals surface area contributed by atoms with Gasteiger partial charge in [0.25, 0.3) is 5.91 Å². The summed E-state index contributed by atoms with van der Waals surface area (Å²) < 4.78 is 22.0. The number of hydrogen-bond donors (Lipinski definition) is 2. The van der Waals surface area contributed by atoms with Crippen molar-refractivity contribution in [3.05, 3.63) is 41.9 Å². The Hall–Kier alpha value is -3.16. The van der Waals surface area contributed by atoms with Crippen LogP contribution < -0.4 is 25.1 Å². The molecule has 2 N–H and O–H groups in total. The number of hydrogen-bond acceptors (Lipinski definition) is 6. The first-order valence-electron chi connectivity index (χ1n) is 9.26. The van der Waals surface area contributed by atoms with Crippen molar-refractivity contribution in [1.82, 2.24) is 10.9 Å². The number of ether oxygens (including phenoxy) is 3. The second kappa shape index (κ2) is 10.9. The third-order valence-corrected chi connectivity index (χ3v) is 3.67. The molecule has 2 amide bonds. The number of benzene rings is 1. The summed E-state index contributed by atoms with van der Waals surface area (Å²) in [6.07, 6.45) is 2.18. The molecule has 1 aromatic carbocycles. The zero-order chi connectivity index (χ0) is 20.4. The van der Waals surface area contributed by atoms with Crippen LogP contribution in [0.4, 0.5) is 0 Å². The van der Waals surface area contributed by atoms with Gasteiger partial charge in [0.05, 0.1) is 26.1 Å². The Kier molecular flexibility index (Phi) is 8.20. The molecular weight excluding hydrogens is 364 g/mol. The second-order valence-electron chi connectivity index (χ2n) is 5.68. The summed E-state index contributed by atoms with van der Waals surface area (Å²) in [6.45, 7) is 6.76. The molecule has 0 aliphatic carbocycles. The Bertz CT molecular complexity index is 746. The highest BCUT2D eigenvalue weighted by Gasteiger charge is 2.18. The summed E-state index contributed by atoms with van der Waals surface area (Å²) in [5, 5.41) is 0. The molecular formula is C20H26N2O6. The predicted octanol–water partition coefficient (Wildman–Crippen LogP) is 2.87. The van der Waals surface area contributed by atoms with E-state index in [0.29, 0.717) is 49.3 Å². The summed E-state index contributed by atoms with van der Waals surface area (Å²) in [7, 11) is 0. The van der Waals surface area contributed by atoms with Gasteiger partial charge in [0.15, 0.2) is 11.5 Å². The number of carbonyl (C=O) groups excluding carboxylic acids is 2. The number of hydrazine groups is 1. The Labute approximate surface area is 164 Å². The van der Waals surface area contributed by atoms with Crippen molar-refractivity contribution in [3.8, 4) is 17.2 Å². The van der Waals surface area contributed by atoms with E-state index in [9.17, 15) is 9.59 Å². The van der Waals surface area contributed by atoms with Gasteiger partial charge in [-0.05, 0) is 45.0 Å². The van der Waals surface area contributed by atoms with Crippen LogP contribution in [0, 0.1) is 0 Å². The zero-order valence-corrected chi connectivity index (χ0v) is 16.4. The van der Waals surface area contributed by atoms with Crippen molar-refractivity contribution >= 4 is 11.8 Å². The van der Waals surface area contributed by atoms with Crippen LogP contribution in [0.1, 0.15) is 43.3 Å². The molecule has 2 aromatic rings. The maximum Gasteiger partial charge on any atom is 0.269 e. The van der Waals surface area contributed by atoms with Crippen molar-refractivity contribution < 1.29 is 28.2 Å². The smallest absolute Gasteiger partial charge is 0.269 e. The predicted molar refractivity (Wildman–Crippen MR) is 103 cm³/mol. The highest BCUT2D eigenvalue weighted by atomic mass is 16.5. The molecule has 1 heterocycles. The normalized spacial score (nSPS) is 10.2. The fourth-order valence-electron chi connectivity index (χ4n) is 2.47. The first kappa shape index (κ1) is 21.1. The molecule has 0 fully saturated rings. The fraction of sp³-hybridized carbons (Fsp3) is 0.400. The standard InChI is InChI=1S/C20H26N2O6/c1-4-25-16-12-14(13-17(26-5-2)19(16)27-6-3)20(24)22-21-18(23)10-9-15-8-7-11-28-15/h7-8,11-13H,4-6,9-10H2,1-3H3,(H,21,23)(H,22,24). The van der Waals surface area contributed by atoms with Gasteiger partial charge in [0.1, 0.15) is 5.76 Å². The van der Waals surface area contributed by atoms with Crippen LogP contribution in [-0.2, 0) is 11.2 Å². The van der Waals surface area contributed by atoms with E-state index >= 15 is 0 Å². The molecule has 0 radical (unpaired) electrons. The Morgan fingerprint density at radius 2 is 1.61 bits per heavy atom. The van der Waals surface area contributed by atoms with Crippen LogP contribution >= 0.6 is 0 Å². The summed E-state index contributed by atoms with van der Waals surface area (Å²) in [5.41, 5.74) is 5.07. The van der Waals surface area contributed by atoms with E-state index in [2.05, 4.69) is 10.9 Å². The molecule has 2 rings (SSSR count). The Balaban J connectivity index is 2.05. The van der Waals surface area contributed by atoms with Crippen LogP contribution in [0.5, 0.6) is 17.2 Å². The number of furan rings is 1. The van der Waals surface area contributed by atoms with Gasteiger partial charge in [-0.15, -0.1) is 0 Å². The lowest BCUT2D eigenvalue weighted by Crippen LogP contribution is -2.41. The van der Waals surface area contributed by atoms with Gasteiger partial charge in [-0.2, -0.15) is 0 Å². The molecule has 8 heteroatoms. The van der Waals surface area contributed by atoms with Gasteiger partial charge >= 0.3 is 0 Å². The third kappa shape index (κ3) is 5.94. The van der Waals surface area contributed by atoms with Gasteiger partial charge in [0, 0.05) is 18.4 Å². The van der Waals surface area contributed by atoms with E-state index in [1.807, 2.05) is 20.8 Å². The summed E-state index contributed by atoms with van der Waals surface area (Å²) in [4.78, 5) is 24.4. The van der Waals surface area contributed by atoms with Gasteiger partial charge in [-0.3, -0.25) is 20.4 Å². The number of carbonyl (C=O) groups is 2. The molecule has 0 unspecified atom stereocenters. The molecule has 0 saturated heterocycles. The van der Waals surface area contributed by atoms with E-state index in [0.717, 1.165) is 0 Å². The summed E-state index contributed by atoms with van der Waals surface area (Å²) >= 11 is 0. The lowest BCUT2D eigenvalue weighted by atomic mass is 10.1. The van der Waals surface area contributed by atoms with Gasteiger partial charge in [-0.25, -0.2) is 0 Å². The molecule has 0 saturated carbocycles. The van der Waals surface area contributed by atoms with Crippen molar-refractivity contribution in [2.75, 3.05) is 19.8 Å². The van der Waals surface area contributed by atoms with E-state index in [4.69, 9.17) is 18.6 Å². The van der Waals surface area contributed by atoms with Crippen LogP contribution in [0.15, 0.2) is 34.9 Å². The first-order valence-corrected chi connectivity index (χ1v) is 9.26. The molecule has 8 nitrogen and oxygen atoms in total. The monoisotopic (exact) mass is 390 g/mol. The number of amides is 2. The van der Waals surface area contributed by atoms with Crippen molar-refractivity contribution in [2.45, 2.75) is 33.6 Å². The number of aryl methyl sites for hydroxylation is 1. The SMILES string of the molecule is CCOc1cc(C(=O)NNC(=O)CCc2ccco2)cc(OCC)c1OCC. The van der Waals surface area contributed by atoms with Crippen LogP contribution in [-0.4, -0.2) is 31.6 Å². The fourth-order valence-corrected chi connectivity index (χ4v) is 2.47. The Morgan fingerprint density at radius 3 is 2.14 bits per heavy atom. The average Bonchev–Trinajstić information content (AvgIpc) is 3.20. The molecule has 0 aliphatic rings. The van der Waals surface area contributed by atoms with Gasteiger partial charge < -0.3 is 18.6 Å². The molecule has 0 spiro atoms. The minimum Gasteiger partial charge on any atom is -0.490 e. The van der Waals surface area contributed by atoms with E-state index in [-0.39, 0.29) is 17.9 Å².